The van der Waals surface area contributed by atoms with Gasteiger partial charge in [-0.25, -0.2) is 0 Å². The third kappa shape index (κ3) is 3.29. The van der Waals surface area contributed by atoms with Gasteiger partial charge >= 0.3 is 0 Å². The van der Waals surface area contributed by atoms with Gasteiger partial charge in [0.2, 0.25) is 0 Å². The molecule has 0 saturated carbocycles. The van der Waals surface area contributed by atoms with Crippen molar-refractivity contribution in [1.29, 1.82) is 0 Å². The zero-order chi connectivity index (χ0) is 12.1. The van der Waals surface area contributed by atoms with E-state index in [4.69, 9.17) is 9.84 Å². The number of aliphatic hydroxyl groups is 1. The minimum Gasteiger partial charge on any atom is -0.487 e. The second-order valence-electron chi connectivity index (χ2n) is 3.86. The summed E-state index contributed by atoms with van der Waals surface area (Å²) in [7, 11) is 0. The molecule has 0 bridgehead atoms. The smallest absolute Gasteiger partial charge is 0.130 e. The first-order chi connectivity index (χ1) is 8.28. The monoisotopic (exact) mass is 229 g/mol. The summed E-state index contributed by atoms with van der Waals surface area (Å²) in [6.07, 6.45) is 0. The van der Waals surface area contributed by atoms with Crippen LogP contribution in [0.25, 0.3) is 0 Å². The number of aliphatic hydroxyl groups excluding tert-OH is 1. The highest BCUT2D eigenvalue weighted by atomic mass is 16.5. The van der Waals surface area contributed by atoms with Crippen molar-refractivity contribution in [3.8, 4) is 5.75 Å². The van der Waals surface area contributed by atoms with E-state index in [0.29, 0.717) is 6.61 Å². The number of aryl methyl sites for hydroxylation is 1. The largest absolute Gasteiger partial charge is 0.487 e. The Hall–Kier alpha value is -1.87. The third-order valence-corrected chi connectivity index (χ3v) is 2.41. The number of benzene rings is 1. The molecule has 1 heterocycles. The number of pyridine rings is 1. The predicted octanol–water partition coefficient (Wildman–Crippen LogP) is 2.46. The number of hydrogen-bond donors (Lipinski definition) is 1. The number of rotatable bonds is 4. The molecule has 0 fully saturated rings. The molecule has 0 aliphatic heterocycles. The maximum absolute atomic E-state index is 9.02. The molecule has 0 aliphatic carbocycles. The van der Waals surface area contributed by atoms with Crippen LogP contribution < -0.4 is 4.74 Å². The SMILES string of the molecule is Cc1cccc(COc2cccc(CO)c2)n1. The van der Waals surface area contributed by atoms with Gasteiger partial charge < -0.3 is 9.84 Å². The highest BCUT2D eigenvalue weighted by Gasteiger charge is 1.98. The molecule has 3 nitrogen and oxygen atoms in total. The van der Waals surface area contributed by atoms with Gasteiger partial charge in [-0.1, -0.05) is 18.2 Å². The molecule has 0 amide bonds. The quantitative estimate of drug-likeness (QED) is 0.875. The first-order valence-corrected chi connectivity index (χ1v) is 5.53. The van der Waals surface area contributed by atoms with Crippen LogP contribution in [0.4, 0.5) is 0 Å². The average molecular weight is 229 g/mol. The molecular weight excluding hydrogens is 214 g/mol. The van der Waals surface area contributed by atoms with Gasteiger partial charge in [0, 0.05) is 5.69 Å². The van der Waals surface area contributed by atoms with Gasteiger partial charge in [0.25, 0.3) is 0 Å². The Morgan fingerprint density at radius 3 is 2.76 bits per heavy atom. The van der Waals surface area contributed by atoms with Crippen molar-refractivity contribution in [3.05, 3.63) is 59.4 Å². The molecular formula is C14H15NO2. The Bertz CT molecular complexity index is 497. The summed E-state index contributed by atoms with van der Waals surface area (Å²) in [5.41, 5.74) is 2.73. The van der Waals surface area contributed by atoms with E-state index in [1.54, 1.807) is 0 Å². The van der Waals surface area contributed by atoms with Crippen molar-refractivity contribution in [2.75, 3.05) is 0 Å². The van der Waals surface area contributed by atoms with Gasteiger partial charge in [0.15, 0.2) is 0 Å². The third-order valence-electron chi connectivity index (χ3n) is 2.41. The fraction of sp³-hybridized carbons (Fsp3) is 0.214. The van der Waals surface area contributed by atoms with Crippen molar-refractivity contribution in [2.24, 2.45) is 0 Å². The Morgan fingerprint density at radius 1 is 1.18 bits per heavy atom. The Balaban J connectivity index is 2.02. The fourth-order valence-electron chi connectivity index (χ4n) is 1.57. The van der Waals surface area contributed by atoms with Crippen molar-refractivity contribution < 1.29 is 9.84 Å². The van der Waals surface area contributed by atoms with E-state index in [9.17, 15) is 0 Å². The lowest BCUT2D eigenvalue weighted by atomic mass is 10.2. The average Bonchev–Trinajstić information content (AvgIpc) is 2.37. The molecule has 88 valence electrons. The molecule has 2 aromatic rings. The Morgan fingerprint density at radius 2 is 2.00 bits per heavy atom. The van der Waals surface area contributed by atoms with Crippen LogP contribution in [0, 0.1) is 6.92 Å². The Kier molecular flexibility index (Phi) is 3.73. The molecule has 1 N–H and O–H groups in total. The van der Waals surface area contributed by atoms with E-state index < -0.39 is 0 Å². The van der Waals surface area contributed by atoms with E-state index in [1.165, 1.54) is 0 Å². The first-order valence-electron chi connectivity index (χ1n) is 5.53. The molecule has 3 heteroatoms. The van der Waals surface area contributed by atoms with Crippen molar-refractivity contribution in [3.63, 3.8) is 0 Å². The topological polar surface area (TPSA) is 42.4 Å². The molecule has 1 aromatic heterocycles. The van der Waals surface area contributed by atoms with Crippen LogP contribution >= 0.6 is 0 Å². The van der Waals surface area contributed by atoms with Crippen molar-refractivity contribution in [1.82, 2.24) is 4.98 Å². The fourth-order valence-corrected chi connectivity index (χ4v) is 1.57. The first kappa shape index (κ1) is 11.6. The zero-order valence-corrected chi connectivity index (χ0v) is 9.76. The van der Waals surface area contributed by atoms with Gasteiger partial charge in [-0.2, -0.15) is 0 Å². The number of nitrogens with zero attached hydrogens (tertiary/aromatic N) is 1. The summed E-state index contributed by atoms with van der Waals surface area (Å²) < 4.78 is 5.62. The predicted molar refractivity (Wildman–Crippen MR) is 65.7 cm³/mol. The molecule has 1 aromatic carbocycles. The molecule has 2 rings (SSSR count). The van der Waals surface area contributed by atoms with E-state index in [1.807, 2.05) is 49.4 Å². The number of hydrogen-bond acceptors (Lipinski definition) is 3. The summed E-state index contributed by atoms with van der Waals surface area (Å²) in [6.45, 7) is 2.42. The molecule has 0 radical (unpaired) electrons. The van der Waals surface area contributed by atoms with Gasteiger partial charge in [0.1, 0.15) is 12.4 Å². The normalized spacial score (nSPS) is 10.2. The second-order valence-corrected chi connectivity index (χ2v) is 3.86. The van der Waals surface area contributed by atoms with Crippen LogP contribution in [0.3, 0.4) is 0 Å². The molecule has 0 aliphatic rings. The summed E-state index contributed by atoms with van der Waals surface area (Å²) in [5.74, 6) is 0.750. The Labute approximate surface area is 101 Å². The van der Waals surface area contributed by atoms with E-state index in [0.717, 1.165) is 22.7 Å². The van der Waals surface area contributed by atoms with E-state index >= 15 is 0 Å². The lowest BCUT2D eigenvalue weighted by molar-refractivity contribution is 0.277. The highest BCUT2D eigenvalue weighted by molar-refractivity contribution is 5.28. The molecule has 0 saturated heterocycles. The second kappa shape index (κ2) is 5.46. The maximum Gasteiger partial charge on any atom is 0.130 e. The van der Waals surface area contributed by atoms with Crippen LogP contribution in [-0.2, 0) is 13.2 Å². The van der Waals surface area contributed by atoms with E-state index in [2.05, 4.69) is 4.98 Å². The number of aromatic nitrogens is 1. The van der Waals surface area contributed by atoms with Gasteiger partial charge in [-0.05, 0) is 36.8 Å². The molecule has 0 spiro atoms. The summed E-state index contributed by atoms with van der Waals surface area (Å²) in [5, 5.41) is 9.02. The lowest BCUT2D eigenvalue weighted by Gasteiger charge is -2.07. The van der Waals surface area contributed by atoms with Crippen LogP contribution in [0.15, 0.2) is 42.5 Å². The molecule has 0 atom stereocenters. The van der Waals surface area contributed by atoms with Crippen molar-refractivity contribution in [2.45, 2.75) is 20.1 Å². The van der Waals surface area contributed by atoms with Crippen LogP contribution in [0.5, 0.6) is 5.75 Å². The van der Waals surface area contributed by atoms with Gasteiger partial charge in [-0.3, -0.25) is 4.98 Å². The summed E-state index contributed by atoms with van der Waals surface area (Å²) >= 11 is 0. The minimum atomic E-state index is 0.0277. The molecule has 0 unspecified atom stereocenters. The zero-order valence-electron chi connectivity index (χ0n) is 9.76. The van der Waals surface area contributed by atoms with E-state index in [-0.39, 0.29) is 6.61 Å². The summed E-state index contributed by atoms with van der Waals surface area (Å²) in [4.78, 5) is 4.36. The van der Waals surface area contributed by atoms with Gasteiger partial charge in [0.05, 0.1) is 12.3 Å². The standard InChI is InChI=1S/C14H15NO2/c1-11-4-2-6-13(15-11)10-17-14-7-3-5-12(8-14)9-16/h2-8,16H,9-10H2,1H3. The van der Waals surface area contributed by atoms with Crippen molar-refractivity contribution >= 4 is 0 Å². The minimum absolute atomic E-state index is 0.0277. The van der Waals surface area contributed by atoms with Crippen LogP contribution in [0.2, 0.25) is 0 Å². The lowest BCUT2D eigenvalue weighted by Crippen LogP contribution is -1.99. The summed E-state index contributed by atoms with van der Waals surface area (Å²) in [6, 6.07) is 13.3. The molecule has 17 heavy (non-hydrogen) atoms. The van der Waals surface area contributed by atoms with Gasteiger partial charge in [-0.15, -0.1) is 0 Å². The van der Waals surface area contributed by atoms with Crippen LogP contribution in [0.1, 0.15) is 17.0 Å². The number of ether oxygens (including phenoxy) is 1. The highest BCUT2D eigenvalue weighted by Crippen LogP contribution is 2.14. The maximum atomic E-state index is 9.02. The van der Waals surface area contributed by atoms with Crippen LogP contribution in [-0.4, -0.2) is 10.1 Å².